The first kappa shape index (κ1) is 9.24. The number of hydrogen-bond acceptors (Lipinski definition) is 2. The maximum Gasteiger partial charge on any atom is 0.314 e. The van der Waals surface area contributed by atoms with Gasteiger partial charge in [0.25, 0.3) is 0 Å². The fourth-order valence-electron chi connectivity index (χ4n) is 2.12. The Hall–Kier alpha value is -1.32. The summed E-state index contributed by atoms with van der Waals surface area (Å²) in [5, 5.41) is 16.0. The lowest BCUT2D eigenvalue weighted by Crippen LogP contribution is -2.42. The Morgan fingerprint density at radius 1 is 1.71 bits per heavy atom. The first-order chi connectivity index (χ1) is 6.70. The normalized spacial score (nSPS) is 18.9. The first-order valence-electron chi connectivity index (χ1n) is 4.97. The molecule has 0 unspecified atom stereocenters. The monoisotopic (exact) mass is 194 g/mol. The van der Waals surface area contributed by atoms with Gasteiger partial charge in [-0.2, -0.15) is 5.10 Å². The third kappa shape index (κ3) is 1.06. The Morgan fingerprint density at radius 3 is 2.86 bits per heavy atom. The number of aliphatic carboxylic acids is 1. The summed E-state index contributed by atoms with van der Waals surface area (Å²) in [6.07, 6.45) is 4.97. The van der Waals surface area contributed by atoms with E-state index in [0.717, 1.165) is 36.9 Å². The summed E-state index contributed by atoms with van der Waals surface area (Å²) in [5.74, 6) is -0.708. The number of carboxylic acids is 1. The molecular formula is C10H14N2O2. The van der Waals surface area contributed by atoms with Gasteiger partial charge in [0.15, 0.2) is 0 Å². The van der Waals surface area contributed by atoms with Crippen LogP contribution in [0.4, 0.5) is 0 Å². The van der Waals surface area contributed by atoms with Crippen molar-refractivity contribution in [2.75, 3.05) is 0 Å². The molecule has 0 bridgehead atoms. The summed E-state index contributed by atoms with van der Waals surface area (Å²) in [5.41, 5.74) is 1.21. The topological polar surface area (TPSA) is 66.0 Å². The smallest absolute Gasteiger partial charge is 0.314 e. The molecule has 2 rings (SSSR count). The summed E-state index contributed by atoms with van der Waals surface area (Å²) in [4.78, 5) is 11.2. The highest BCUT2D eigenvalue weighted by molar-refractivity contribution is 5.82. The van der Waals surface area contributed by atoms with Crippen LogP contribution >= 0.6 is 0 Å². The second kappa shape index (κ2) is 3.12. The van der Waals surface area contributed by atoms with Crippen molar-refractivity contribution in [2.24, 2.45) is 0 Å². The van der Waals surface area contributed by atoms with E-state index in [0.29, 0.717) is 0 Å². The van der Waals surface area contributed by atoms with E-state index < -0.39 is 11.4 Å². The molecule has 1 aliphatic rings. The van der Waals surface area contributed by atoms with Gasteiger partial charge >= 0.3 is 5.97 Å². The van der Waals surface area contributed by atoms with E-state index in [1.54, 1.807) is 6.20 Å². The Kier molecular flexibility index (Phi) is 2.06. The Balaban J connectivity index is 2.41. The van der Waals surface area contributed by atoms with Crippen LogP contribution in [0, 0.1) is 0 Å². The maximum absolute atomic E-state index is 11.2. The molecule has 4 heteroatoms. The number of carbonyl (C=O) groups is 1. The number of rotatable bonds is 3. The van der Waals surface area contributed by atoms with E-state index in [-0.39, 0.29) is 0 Å². The van der Waals surface area contributed by atoms with Crippen molar-refractivity contribution in [2.45, 2.75) is 38.0 Å². The Labute approximate surface area is 82.3 Å². The van der Waals surface area contributed by atoms with Crippen LogP contribution in [0.5, 0.6) is 0 Å². The average molecular weight is 194 g/mol. The second-order valence-electron chi connectivity index (χ2n) is 3.86. The summed E-state index contributed by atoms with van der Waals surface area (Å²) in [6.45, 7) is 2.01. The van der Waals surface area contributed by atoms with Gasteiger partial charge in [-0.25, -0.2) is 0 Å². The van der Waals surface area contributed by atoms with Crippen molar-refractivity contribution >= 4 is 5.97 Å². The summed E-state index contributed by atoms with van der Waals surface area (Å²) < 4.78 is 0. The fraction of sp³-hybridized carbons (Fsp3) is 0.600. The van der Waals surface area contributed by atoms with E-state index in [9.17, 15) is 9.90 Å². The van der Waals surface area contributed by atoms with E-state index in [1.165, 1.54) is 0 Å². The van der Waals surface area contributed by atoms with Gasteiger partial charge in [-0.1, -0.05) is 13.3 Å². The van der Waals surface area contributed by atoms with Crippen molar-refractivity contribution in [3.63, 3.8) is 0 Å². The van der Waals surface area contributed by atoms with E-state index >= 15 is 0 Å². The number of H-pyrrole nitrogens is 1. The van der Waals surface area contributed by atoms with Crippen molar-refractivity contribution in [1.29, 1.82) is 0 Å². The van der Waals surface area contributed by atoms with Crippen LogP contribution in [0.3, 0.4) is 0 Å². The largest absolute Gasteiger partial charge is 0.481 e. The van der Waals surface area contributed by atoms with Gasteiger partial charge in [0.05, 0.1) is 11.6 Å². The van der Waals surface area contributed by atoms with E-state index in [4.69, 9.17) is 0 Å². The molecule has 0 spiro atoms. The van der Waals surface area contributed by atoms with Crippen LogP contribution in [0.25, 0.3) is 0 Å². The SMILES string of the molecule is CCc1[nH]ncc1C1(C(=O)O)CCC1. The fourth-order valence-corrected chi connectivity index (χ4v) is 2.12. The number of nitrogens with one attached hydrogen (secondary N) is 1. The van der Waals surface area contributed by atoms with Crippen molar-refractivity contribution in [3.05, 3.63) is 17.5 Å². The minimum absolute atomic E-state index is 0.641. The molecule has 0 aromatic carbocycles. The molecule has 4 nitrogen and oxygen atoms in total. The zero-order valence-corrected chi connectivity index (χ0v) is 8.21. The predicted molar refractivity (Wildman–Crippen MR) is 51.1 cm³/mol. The van der Waals surface area contributed by atoms with Crippen LogP contribution in [0.2, 0.25) is 0 Å². The number of aromatic amines is 1. The van der Waals surface area contributed by atoms with Crippen molar-refractivity contribution in [3.8, 4) is 0 Å². The van der Waals surface area contributed by atoms with E-state index in [1.807, 2.05) is 6.92 Å². The molecule has 0 amide bonds. The number of hydrogen-bond donors (Lipinski definition) is 2. The number of aryl methyl sites for hydroxylation is 1. The number of aromatic nitrogens is 2. The molecule has 0 atom stereocenters. The lowest BCUT2D eigenvalue weighted by atomic mass is 9.64. The highest BCUT2D eigenvalue weighted by atomic mass is 16.4. The molecule has 1 heterocycles. The number of nitrogens with zero attached hydrogens (tertiary/aromatic N) is 1. The van der Waals surface area contributed by atoms with Crippen LogP contribution in [-0.2, 0) is 16.6 Å². The van der Waals surface area contributed by atoms with Crippen molar-refractivity contribution in [1.82, 2.24) is 10.2 Å². The van der Waals surface area contributed by atoms with Gasteiger partial charge in [-0.15, -0.1) is 0 Å². The van der Waals surface area contributed by atoms with Gasteiger partial charge in [0.2, 0.25) is 0 Å². The average Bonchev–Trinajstić information content (AvgIpc) is 2.50. The van der Waals surface area contributed by atoms with Gasteiger partial charge in [-0.3, -0.25) is 9.89 Å². The molecule has 0 aliphatic heterocycles. The molecule has 0 radical (unpaired) electrons. The molecule has 1 saturated carbocycles. The van der Waals surface area contributed by atoms with Gasteiger partial charge in [0, 0.05) is 11.3 Å². The lowest BCUT2D eigenvalue weighted by Gasteiger charge is -2.37. The van der Waals surface area contributed by atoms with Gasteiger partial charge in [0.1, 0.15) is 0 Å². The molecule has 0 saturated heterocycles. The molecule has 14 heavy (non-hydrogen) atoms. The lowest BCUT2D eigenvalue weighted by molar-refractivity contribution is -0.147. The highest BCUT2D eigenvalue weighted by Gasteiger charge is 2.47. The minimum atomic E-state index is -0.708. The Bertz CT molecular complexity index is 353. The second-order valence-corrected chi connectivity index (χ2v) is 3.86. The van der Waals surface area contributed by atoms with Crippen LogP contribution in [0.1, 0.15) is 37.4 Å². The molecule has 76 valence electrons. The third-order valence-electron chi connectivity index (χ3n) is 3.20. The molecule has 2 N–H and O–H groups in total. The summed E-state index contributed by atoms with van der Waals surface area (Å²) in [7, 11) is 0. The van der Waals surface area contributed by atoms with Gasteiger partial charge < -0.3 is 5.11 Å². The summed E-state index contributed by atoms with van der Waals surface area (Å²) in [6, 6.07) is 0. The molecule has 1 aromatic heterocycles. The zero-order chi connectivity index (χ0) is 10.2. The maximum atomic E-state index is 11.2. The van der Waals surface area contributed by atoms with Crippen LogP contribution in [-0.4, -0.2) is 21.3 Å². The number of carboxylic acid groups (broad SMARTS) is 1. The zero-order valence-electron chi connectivity index (χ0n) is 8.21. The molecular weight excluding hydrogens is 180 g/mol. The first-order valence-corrected chi connectivity index (χ1v) is 4.97. The molecule has 1 aliphatic carbocycles. The minimum Gasteiger partial charge on any atom is -0.481 e. The van der Waals surface area contributed by atoms with Crippen molar-refractivity contribution < 1.29 is 9.90 Å². The highest BCUT2D eigenvalue weighted by Crippen LogP contribution is 2.44. The predicted octanol–water partition coefficient (Wildman–Crippen LogP) is 1.48. The quantitative estimate of drug-likeness (QED) is 0.765. The van der Waals surface area contributed by atoms with E-state index in [2.05, 4.69) is 10.2 Å². The van der Waals surface area contributed by atoms with Crippen LogP contribution in [0.15, 0.2) is 6.20 Å². The Morgan fingerprint density at radius 2 is 2.43 bits per heavy atom. The standard InChI is InChI=1S/C10H14N2O2/c1-2-8-7(6-11-12-8)10(9(13)14)4-3-5-10/h6H,2-5H2,1H3,(H,11,12)(H,13,14). The summed E-state index contributed by atoms with van der Waals surface area (Å²) >= 11 is 0. The molecule has 1 aromatic rings. The van der Waals surface area contributed by atoms with Gasteiger partial charge in [-0.05, 0) is 19.3 Å². The third-order valence-corrected chi connectivity index (χ3v) is 3.20. The van der Waals surface area contributed by atoms with Crippen LogP contribution < -0.4 is 0 Å². The molecule has 1 fully saturated rings.